The van der Waals surface area contributed by atoms with Gasteiger partial charge in [0.25, 0.3) is 0 Å². The smallest absolute Gasteiger partial charge is 0.0900 e. The third-order valence-corrected chi connectivity index (χ3v) is 0.940. The molecule has 1 aromatic rings. The van der Waals surface area contributed by atoms with Crippen molar-refractivity contribution in [2.75, 3.05) is 0 Å². The molecule has 0 unspecified atom stereocenters. The third kappa shape index (κ3) is 0.974. The third-order valence-electron chi connectivity index (χ3n) is 0.940. The van der Waals surface area contributed by atoms with Crippen molar-refractivity contribution in [3.05, 3.63) is 30.1 Å². The van der Waals surface area contributed by atoms with Gasteiger partial charge in [0.2, 0.25) is 0 Å². The number of aryl methyl sites for hydroxylation is 1. The van der Waals surface area contributed by atoms with Crippen LogP contribution in [0.15, 0.2) is 12.3 Å². The molecule has 1 heterocycles. The van der Waals surface area contributed by atoms with Crippen LogP contribution in [0.3, 0.4) is 0 Å². The van der Waals surface area contributed by atoms with E-state index < -0.39 is 0 Å². The van der Waals surface area contributed by atoms with Crippen LogP contribution in [0.4, 0.5) is 0 Å². The Morgan fingerprint density at radius 1 is 1.75 bits per heavy atom. The molecule has 0 aliphatic rings. The first-order chi connectivity index (χ1) is 3.93. The summed E-state index contributed by atoms with van der Waals surface area (Å²) in [4.78, 5) is 4.01. The largest absolute Gasteiger partial charge is 0.252 e. The highest BCUT2D eigenvalue weighted by atomic mass is 14.6. The first-order valence-corrected chi connectivity index (χ1v) is 2.66. The van der Waals surface area contributed by atoms with Crippen LogP contribution in [0.1, 0.15) is 12.6 Å². The summed E-state index contributed by atoms with van der Waals surface area (Å²) in [6.45, 7) is 2.05. The van der Waals surface area contributed by atoms with Crippen molar-refractivity contribution in [2.24, 2.45) is 0 Å². The Kier molecular flexibility index (Phi) is 1.48. The van der Waals surface area contributed by atoms with Crippen molar-refractivity contribution >= 4 is 0 Å². The van der Waals surface area contributed by atoms with Gasteiger partial charge in [-0.25, -0.2) is 0 Å². The molecule has 0 aromatic carbocycles. The maximum absolute atomic E-state index is 4.01. The summed E-state index contributed by atoms with van der Waals surface area (Å²) in [6, 6.07) is 7.46. The van der Waals surface area contributed by atoms with Crippen molar-refractivity contribution in [3.8, 4) is 0 Å². The Hall–Kier alpha value is -1.03. The molecule has 1 heteroatoms. The molecule has 0 amide bonds. The van der Waals surface area contributed by atoms with Crippen LogP contribution < -0.4 is 0 Å². The minimum atomic E-state index is 0.942. The SMILES string of the molecule is CCc1c#cccn1. The zero-order valence-corrected chi connectivity index (χ0v) is 4.81. The number of aromatic nitrogens is 1. The van der Waals surface area contributed by atoms with Gasteiger partial charge in [-0.1, -0.05) is 13.0 Å². The van der Waals surface area contributed by atoms with E-state index in [1.165, 1.54) is 0 Å². The first kappa shape index (κ1) is 5.11. The van der Waals surface area contributed by atoms with Crippen LogP contribution in [-0.2, 0) is 6.42 Å². The van der Waals surface area contributed by atoms with Crippen molar-refractivity contribution in [1.82, 2.24) is 4.98 Å². The molecule has 0 spiro atoms. The van der Waals surface area contributed by atoms with E-state index in [2.05, 4.69) is 17.1 Å². The molecule has 0 fully saturated rings. The van der Waals surface area contributed by atoms with Gasteiger partial charge in [0, 0.05) is 12.3 Å². The molecule has 0 aliphatic heterocycles. The highest BCUT2D eigenvalue weighted by molar-refractivity contribution is 4.92. The molecule has 0 saturated carbocycles. The lowest BCUT2D eigenvalue weighted by Gasteiger charge is -1.82. The van der Waals surface area contributed by atoms with Gasteiger partial charge in [0.1, 0.15) is 0 Å². The summed E-state index contributed by atoms with van der Waals surface area (Å²) in [5.74, 6) is 0. The molecule has 40 valence electrons. The molecule has 0 N–H and O–H groups in total. The molecule has 0 saturated heterocycles. The average molecular weight is 105 g/mol. The number of hydrogen-bond acceptors (Lipinski definition) is 1. The van der Waals surface area contributed by atoms with Crippen molar-refractivity contribution in [2.45, 2.75) is 13.3 Å². The van der Waals surface area contributed by atoms with Gasteiger partial charge >= 0.3 is 0 Å². The van der Waals surface area contributed by atoms with Gasteiger partial charge in [0.15, 0.2) is 0 Å². The van der Waals surface area contributed by atoms with E-state index in [9.17, 15) is 0 Å². The normalized spacial score (nSPS) is 8.12. The number of hydrogen-bond donors (Lipinski definition) is 0. The molecule has 1 nitrogen and oxygen atoms in total. The Morgan fingerprint density at radius 2 is 2.62 bits per heavy atom. The van der Waals surface area contributed by atoms with E-state index in [1.807, 2.05) is 6.92 Å². The van der Waals surface area contributed by atoms with Gasteiger partial charge in [-0.05, 0) is 12.5 Å². The van der Waals surface area contributed by atoms with E-state index in [4.69, 9.17) is 0 Å². The summed E-state index contributed by atoms with van der Waals surface area (Å²) >= 11 is 0. The Labute approximate surface area is 49.4 Å². The second kappa shape index (κ2) is 2.32. The van der Waals surface area contributed by atoms with E-state index in [1.54, 1.807) is 12.3 Å². The highest BCUT2D eigenvalue weighted by Crippen LogP contribution is 1.84. The predicted molar refractivity (Wildman–Crippen MR) is 31.3 cm³/mol. The van der Waals surface area contributed by atoms with Crippen molar-refractivity contribution < 1.29 is 0 Å². The van der Waals surface area contributed by atoms with Crippen LogP contribution in [0.25, 0.3) is 0 Å². The molecule has 1 rings (SSSR count). The van der Waals surface area contributed by atoms with Crippen molar-refractivity contribution in [1.29, 1.82) is 0 Å². The Morgan fingerprint density at radius 3 is 3.00 bits per heavy atom. The van der Waals surface area contributed by atoms with Crippen LogP contribution in [-0.4, -0.2) is 4.98 Å². The standard InChI is InChI=1S/C7H7N/c1-2-7-5-3-4-6-8-7/h4,6H,2H2,1H3. The van der Waals surface area contributed by atoms with Gasteiger partial charge in [-0.15, -0.1) is 0 Å². The summed E-state index contributed by atoms with van der Waals surface area (Å²) in [6.07, 6.45) is 2.67. The average Bonchev–Trinajstić information content (AvgIpc) is 1.90. The summed E-state index contributed by atoms with van der Waals surface area (Å²) in [5.41, 5.74) is 0.979. The van der Waals surface area contributed by atoms with Crippen molar-refractivity contribution in [3.63, 3.8) is 0 Å². The lowest BCUT2D eigenvalue weighted by Crippen LogP contribution is -1.79. The lowest BCUT2D eigenvalue weighted by atomic mass is 10.3. The second-order valence-corrected chi connectivity index (χ2v) is 1.51. The van der Waals surface area contributed by atoms with Gasteiger partial charge in [0.05, 0.1) is 5.69 Å². The maximum Gasteiger partial charge on any atom is 0.0900 e. The zero-order chi connectivity index (χ0) is 5.82. The molecular weight excluding hydrogens is 98.1 g/mol. The van der Waals surface area contributed by atoms with Gasteiger partial charge in [-0.2, -0.15) is 0 Å². The molecule has 0 aliphatic carbocycles. The highest BCUT2D eigenvalue weighted by Gasteiger charge is 1.80. The van der Waals surface area contributed by atoms with Crippen LogP contribution in [0.2, 0.25) is 0 Å². The molecule has 1 aromatic heterocycles. The fraction of sp³-hybridized carbons (Fsp3) is 0.286. The summed E-state index contributed by atoms with van der Waals surface area (Å²) in [5, 5.41) is 0. The molecule has 0 bridgehead atoms. The fourth-order valence-corrected chi connectivity index (χ4v) is 0.501. The predicted octanol–water partition coefficient (Wildman–Crippen LogP) is 1.24. The van der Waals surface area contributed by atoms with E-state index in [0.29, 0.717) is 0 Å². The van der Waals surface area contributed by atoms with Crippen LogP contribution in [0, 0.1) is 12.1 Å². The van der Waals surface area contributed by atoms with E-state index in [0.717, 1.165) is 12.1 Å². The Bertz CT molecular complexity index is 146. The minimum absolute atomic E-state index is 0.942. The number of rotatable bonds is 1. The Balaban J connectivity index is 2.83. The fourth-order valence-electron chi connectivity index (χ4n) is 0.501. The zero-order valence-electron chi connectivity index (χ0n) is 4.81. The molecule has 0 radical (unpaired) electrons. The summed E-state index contributed by atoms with van der Waals surface area (Å²) < 4.78 is 0. The maximum atomic E-state index is 4.01. The first-order valence-electron chi connectivity index (χ1n) is 2.66. The molecular formula is C7H7N. The van der Waals surface area contributed by atoms with Crippen LogP contribution in [0.5, 0.6) is 0 Å². The van der Waals surface area contributed by atoms with E-state index in [-0.39, 0.29) is 0 Å². The van der Waals surface area contributed by atoms with Crippen LogP contribution >= 0.6 is 0 Å². The quantitative estimate of drug-likeness (QED) is 0.523. The minimum Gasteiger partial charge on any atom is -0.252 e. The van der Waals surface area contributed by atoms with Gasteiger partial charge < -0.3 is 0 Å². The van der Waals surface area contributed by atoms with E-state index >= 15 is 0 Å². The van der Waals surface area contributed by atoms with Gasteiger partial charge in [-0.3, -0.25) is 4.98 Å². The molecule has 8 heavy (non-hydrogen) atoms. The number of nitrogens with zero attached hydrogens (tertiary/aromatic N) is 1. The second-order valence-electron chi connectivity index (χ2n) is 1.51. The monoisotopic (exact) mass is 105 g/mol. The lowest BCUT2D eigenvalue weighted by molar-refractivity contribution is 1.04. The topological polar surface area (TPSA) is 12.9 Å². The summed E-state index contributed by atoms with van der Waals surface area (Å²) in [7, 11) is 0. The molecule has 0 atom stereocenters.